The third-order valence-electron chi connectivity index (χ3n) is 4.88. The molecule has 1 heterocycles. The summed E-state index contributed by atoms with van der Waals surface area (Å²) in [4.78, 5) is 0. The Morgan fingerprint density at radius 1 is 0.773 bits per heavy atom. The largest absolute Gasteiger partial charge is 0.456 e. The van der Waals surface area contributed by atoms with E-state index in [1.807, 2.05) is 0 Å². The molecular formula is C21H16O. The average molecular weight is 284 g/mol. The number of benzene rings is 3. The first-order valence-electron chi connectivity index (χ1n) is 7.89. The van der Waals surface area contributed by atoms with E-state index < -0.39 is 0 Å². The number of hydrogen-bond donors (Lipinski definition) is 0. The lowest BCUT2D eigenvalue weighted by Gasteiger charge is -2.29. The van der Waals surface area contributed by atoms with Gasteiger partial charge < -0.3 is 4.74 Å². The summed E-state index contributed by atoms with van der Waals surface area (Å²) in [6, 6.07) is 21.5. The number of aryl methyl sites for hydroxylation is 1. The maximum Gasteiger partial charge on any atom is 0.134 e. The summed E-state index contributed by atoms with van der Waals surface area (Å²) in [6.45, 7) is 0. The lowest BCUT2D eigenvalue weighted by molar-refractivity contribution is 0.483. The lowest BCUT2D eigenvalue weighted by Crippen LogP contribution is -2.15. The Hall–Kier alpha value is -2.54. The minimum Gasteiger partial charge on any atom is -0.456 e. The van der Waals surface area contributed by atoms with Crippen molar-refractivity contribution in [2.75, 3.05) is 0 Å². The summed E-state index contributed by atoms with van der Waals surface area (Å²) in [7, 11) is 0. The van der Waals surface area contributed by atoms with E-state index in [-0.39, 0.29) is 0 Å². The van der Waals surface area contributed by atoms with Gasteiger partial charge in [-0.25, -0.2) is 0 Å². The maximum atomic E-state index is 6.35. The van der Waals surface area contributed by atoms with Crippen molar-refractivity contribution in [2.24, 2.45) is 0 Å². The van der Waals surface area contributed by atoms with Crippen LogP contribution in [-0.2, 0) is 12.8 Å². The molecule has 0 aromatic heterocycles. The molecule has 1 nitrogen and oxygen atoms in total. The fourth-order valence-electron chi connectivity index (χ4n) is 3.76. The molecule has 0 spiro atoms. The molecule has 3 aromatic carbocycles. The Kier molecular flexibility index (Phi) is 2.45. The Labute approximate surface area is 129 Å². The molecule has 0 amide bonds. The van der Waals surface area contributed by atoms with E-state index in [2.05, 4.69) is 60.7 Å². The Balaban J connectivity index is 1.70. The molecular weight excluding hydrogens is 268 g/mol. The molecule has 1 aliphatic heterocycles. The highest BCUT2D eigenvalue weighted by Crippen LogP contribution is 2.42. The molecule has 2 aliphatic rings. The number of ether oxygens (including phenoxy) is 1. The van der Waals surface area contributed by atoms with Crippen LogP contribution in [0.5, 0.6) is 5.75 Å². The van der Waals surface area contributed by atoms with Gasteiger partial charge in [-0.05, 0) is 40.8 Å². The smallest absolute Gasteiger partial charge is 0.134 e. The topological polar surface area (TPSA) is 9.23 Å². The number of allylic oxidation sites excluding steroid dienone is 1. The van der Waals surface area contributed by atoms with Gasteiger partial charge in [0.25, 0.3) is 0 Å². The zero-order valence-corrected chi connectivity index (χ0v) is 12.3. The first-order valence-corrected chi connectivity index (χ1v) is 7.89. The van der Waals surface area contributed by atoms with Gasteiger partial charge in [-0.3, -0.25) is 0 Å². The normalized spacial score (nSPS) is 15.8. The quantitative estimate of drug-likeness (QED) is 0.556. The predicted octanol–water partition coefficient (Wildman–Crippen LogP) is 5.13. The van der Waals surface area contributed by atoms with Crippen molar-refractivity contribution < 1.29 is 4.74 Å². The van der Waals surface area contributed by atoms with Crippen LogP contribution in [0.3, 0.4) is 0 Å². The molecule has 0 fully saturated rings. The van der Waals surface area contributed by atoms with E-state index in [1.165, 1.54) is 33.0 Å². The Bertz CT molecular complexity index is 934. The van der Waals surface area contributed by atoms with Gasteiger partial charge in [-0.1, -0.05) is 54.6 Å². The van der Waals surface area contributed by atoms with Gasteiger partial charge in [0.2, 0.25) is 0 Å². The third-order valence-corrected chi connectivity index (χ3v) is 4.88. The fourth-order valence-corrected chi connectivity index (χ4v) is 3.76. The van der Waals surface area contributed by atoms with E-state index in [0.717, 1.165) is 30.8 Å². The van der Waals surface area contributed by atoms with Crippen LogP contribution in [0.15, 0.2) is 66.2 Å². The average Bonchev–Trinajstić information content (AvgIpc) is 2.60. The zero-order valence-electron chi connectivity index (χ0n) is 12.3. The second kappa shape index (κ2) is 4.48. The number of hydrogen-bond acceptors (Lipinski definition) is 1. The second-order valence-corrected chi connectivity index (χ2v) is 6.13. The van der Waals surface area contributed by atoms with Crippen molar-refractivity contribution in [2.45, 2.75) is 19.3 Å². The van der Waals surface area contributed by atoms with Crippen LogP contribution >= 0.6 is 0 Å². The molecule has 106 valence electrons. The van der Waals surface area contributed by atoms with E-state index in [0.29, 0.717) is 0 Å². The molecule has 1 aliphatic carbocycles. The van der Waals surface area contributed by atoms with Gasteiger partial charge in [0.1, 0.15) is 11.5 Å². The number of fused-ring (bicyclic) bond motifs is 5. The molecule has 0 bridgehead atoms. The first kappa shape index (κ1) is 12.0. The Morgan fingerprint density at radius 2 is 1.64 bits per heavy atom. The third kappa shape index (κ3) is 1.66. The molecule has 0 unspecified atom stereocenters. The number of rotatable bonds is 0. The molecule has 0 radical (unpaired) electrons. The van der Waals surface area contributed by atoms with Crippen LogP contribution in [0.1, 0.15) is 23.1 Å². The van der Waals surface area contributed by atoms with Gasteiger partial charge in [0.15, 0.2) is 0 Å². The second-order valence-electron chi connectivity index (χ2n) is 6.13. The van der Waals surface area contributed by atoms with Crippen LogP contribution in [0.25, 0.3) is 16.5 Å². The van der Waals surface area contributed by atoms with Crippen molar-refractivity contribution >= 4 is 16.5 Å². The van der Waals surface area contributed by atoms with E-state index in [9.17, 15) is 0 Å². The standard InChI is InChI=1S/C21H16O/c1-3-7-17-14(5-1)11-12-20-19(17)13-16-10-9-15-6-2-4-8-18(15)21(16)22-20/h1-8,11-12H,9-10,13H2. The Morgan fingerprint density at radius 3 is 2.64 bits per heavy atom. The molecule has 22 heavy (non-hydrogen) atoms. The van der Waals surface area contributed by atoms with E-state index in [4.69, 9.17) is 4.74 Å². The first-order chi connectivity index (χ1) is 10.9. The SMILES string of the molecule is c1ccc2c(c1)CCC1=C2Oc2ccc3ccccc3c2C1. The maximum absolute atomic E-state index is 6.35. The summed E-state index contributed by atoms with van der Waals surface area (Å²) in [6.07, 6.45) is 3.24. The molecule has 1 heteroatoms. The highest BCUT2D eigenvalue weighted by atomic mass is 16.5. The van der Waals surface area contributed by atoms with Crippen molar-refractivity contribution in [1.29, 1.82) is 0 Å². The van der Waals surface area contributed by atoms with E-state index >= 15 is 0 Å². The van der Waals surface area contributed by atoms with Gasteiger partial charge >= 0.3 is 0 Å². The van der Waals surface area contributed by atoms with Crippen molar-refractivity contribution in [1.82, 2.24) is 0 Å². The fraction of sp³-hybridized carbons (Fsp3) is 0.143. The van der Waals surface area contributed by atoms with Crippen LogP contribution < -0.4 is 4.74 Å². The van der Waals surface area contributed by atoms with Crippen LogP contribution in [0.2, 0.25) is 0 Å². The van der Waals surface area contributed by atoms with Gasteiger partial charge in [-0.15, -0.1) is 0 Å². The van der Waals surface area contributed by atoms with Gasteiger partial charge in [0.05, 0.1) is 0 Å². The molecule has 5 rings (SSSR count). The summed E-state index contributed by atoms with van der Waals surface area (Å²) < 4.78 is 6.35. The molecule has 0 N–H and O–H groups in total. The van der Waals surface area contributed by atoms with E-state index in [1.54, 1.807) is 0 Å². The molecule has 0 saturated carbocycles. The van der Waals surface area contributed by atoms with Crippen LogP contribution in [-0.4, -0.2) is 0 Å². The van der Waals surface area contributed by atoms with Crippen LogP contribution in [0.4, 0.5) is 0 Å². The lowest BCUT2D eigenvalue weighted by atomic mass is 9.85. The summed E-state index contributed by atoms with van der Waals surface area (Å²) in [5, 5.41) is 2.62. The monoisotopic (exact) mass is 284 g/mol. The van der Waals surface area contributed by atoms with Crippen LogP contribution in [0, 0.1) is 0 Å². The van der Waals surface area contributed by atoms with Gasteiger partial charge in [-0.2, -0.15) is 0 Å². The summed E-state index contributed by atoms with van der Waals surface area (Å²) in [5.74, 6) is 2.12. The molecule has 0 atom stereocenters. The van der Waals surface area contributed by atoms with Crippen molar-refractivity contribution in [3.05, 3.63) is 82.9 Å². The van der Waals surface area contributed by atoms with Crippen molar-refractivity contribution in [3.63, 3.8) is 0 Å². The predicted molar refractivity (Wildman–Crippen MR) is 90.0 cm³/mol. The highest BCUT2D eigenvalue weighted by Gasteiger charge is 2.26. The molecule has 3 aromatic rings. The van der Waals surface area contributed by atoms with Gasteiger partial charge in [0, 0.05) is 17.5 Å². The minimum atomic E-state index is 1.01. The zero-order chi connectivity index (χ0) is 14.5. The minimum absolute atomic E-state index is 1.01. The summed E-state index contributed by atoms with van der Waals surface area (Å²) >= 11 is 0. The highest BCUT2D eigenvalue weighted by molar-refractivity contribution is 5.90. The molecule has 0 saturated heterocycles. The van der Waals surface area contributed by atoms with Crippen molar-refractivity contribution in [3.8, 4) is 5.75 Å². The summed E-state index contributed by atoms with van der Waals surface area (Å²) in [5.41, 5.74) is 5.48.